The average molecular weight is 477 g/mol. The minimum Gasteiger partial charge on any atom is -0.497 e. The van der Waals surface area contributed by atoms with E-state index >= 15 is 0 Å². The molecule has 10 nitrogen and oxygen atoms in total. The molecule has 0 aliphatic carbocycles. The Kier molecular flexibility index (Phi) is 6.66. The zero-order chi connectivity index (χ0) is 22.7. The Bertz CT molecular complexity index is 1060. The monoisotopic (exact) mass is 476 g/mol. The van der Waals surface area contributed by atoms with E-state index in [0.29, 0.717) is 23.8 Å². The number of hydrogen-bond donors (Lipinski definition) is 1. The van der Waals surface area contributed by atoms with Gasteiger partial charge < -0.3 is 14.8 Å². The molecule has 1 aromatic heterocycles. The first-order chi connectivity index (χ1) is 15.6. The number of tetrazole rings is 1. The molecule has 1 fully saturated rings. The van der Waals surface area contributed by atoms with Crippen LogP contribution in [0.1, 0.15) is 11.4 Å². The molecule has 0 saturated carbocycles. The Morgan fingerprint density at radius 1 is 1.41 bits per heavy atom. The predicted octanol–water partition coefficient (Wildman–Crippen LogP) is 1.88. The first kappa shape index (κ1) is 22.2. The van der Waals surface area contributed by atoms with E-state index in [2.05, 4.69) is 27.4 Å². The maximum absolute atomic E-state index is 13.0. The number of halogens is 1. The van der Waals surface area contributed by atoms with Gasteiger partial charge in [0.25, 0.3) is 5.91 Å². The molecule has 0 unspecified atom stereocenters. The van der Waals surface area contributed by atoms with Gasteiger partial charge in [0.1, 0.15) is 23.8 Å². The Morgan fingerprint density at radius 3 is 2.88 bits per heavy atom. The molecule has 12 heteroatoms. The number of methoxy groups -OCH3 is 1. The molecule has 2 aliphatic rings. The molecular formula is C20H21ClN6O4S. The van der Waals surface area contributed by atoms with E-state index in [9.17, 15) is 9.59 Å². The summed E-state index contributed by atoms with van der Waals surface area (Å²) in [4.78, 5) is 26.5. The number of alkyl halides is 1. The van der Waals surface area contributed by atoms with Gasteiger partial charge in [0.05, 0.1) is 19.4 Å². The number of β-lactam (4-membered cyclic amide) rings is 1. The molecule has 0 bridgehead atoms. The average Bonchev–Trinajstić information content (AvgIpc) is 3.28. The molecule has 1 aromatic carbocycles. The molecule has 168 valence electrons. The smallest absolute Gasteiger partial charge is 0.408 e. The highest BCUT2D eigenvalue weighted by atomic mass is 35.5. The lowest BCUT2D eigenvalue weighted by molar-refractivity contribution is -0.140. The number of alkyl carbamates (subject to hydrolysis) is 1. The van der Waals surface area contributed by atoms with Crippen LogP contribution in [0.15, 0.2) is 42.5 Å². The highest BCUT2D eigenvalue weighted by Gasteiger charge is 2.53. The van der Waals surface area contributed by atoms with Crippen molar-refractivity contribution in [2.24, 2.45) is 0 Å². The molecule has 0 spiro atoms. The van der Waals surface area contributed by atoms with Crippen molar-refractivity contribution in [3.8, 4) is 5.75 Å². The summed E-state index contributed by atoms with van der Waals surface area (Å²) in [5, 5.41) is 14.4. The number of rotatable bonds is 8. The van der Waals surface area contributed by atoms with Crippen molar-refractivity contribution in [3.63, 3.8) is 0 Å². The number of benzene rings is 1. The van der Waals surface area contributed by atoms with E-state index in [1.165, 1.54) is 17.8 Å². The van der Waals surface area contributed by atoms with Crippen LogP contribution in [0.2, 0.25) is 0 Å². The summed E-state index contributed by atoms with van der Waals surface area (Å²) in [6, 6.07) is 6.86. The normalized spacial score (nSPS) is 19.8. The van der Waals surface area contributed by atoms with Crippen LogP contribution in [-0.2, 0) is 16.1 Å². The van der Waals surface area contributed by atoms with Gasteiger partial charge in [0.15, 0.2) is 5.82 Å². The van der Waals surface area contributed by atoms with Crippen molar-refractivity contribution in [3.05, 3.63) is 53.9 Å². The number of hydrogen-bond acceptors (Lipinski definition) is 8. The van der Waals surface area contributed by atoms with Gasteiger partial charge in [-0.2, -0.15) is 0 Å². The molecular weight excluding hydrogens is 456 g/mol. The SMILES string of the molecule is C=CCOC(=O)N[C@@H]1C(=O)N2C(c3nnnn3Cc3ccc(OC)cc3)=C(CCl)CS[C@H]12. The van der Waals surface area contributed by atoms with Gasteiger partial charge in [-0.25, -0.2) is 9.48 Å². The van der Waals surface area contributed by atoms with Gasteiger partial charge >= 0.3 is 6.09 Å². The van der Waals surface area contributed by atoms with Gasteiger partial charge in [0.2, 0.25) is 0 Å². The predicted molar refractivity (Wildman–Crippen MR) is 119 cm³/mol. The number of carbonyl (C=O) groups excluding carboxylic acids is 2. The maximum Gasteiger partial charge on any atom is 0.408 e. The lowest BCUT2D eigenvalue weighted by Gasteiger charge is -2.49. The van der Waals surface area contributed by atoms with Crippen molar-refractivity contribution < 1.29 is 19.1 Å². The van der Waals surface area contributed by atoms with E-state index in [4.69, 9.17) is 21.1 Å². The summed E-state index contributed by atoms with van der Waals surface area (Å²) in [6.07, 6.45) is 0.793. The number of ether oxygens (including phenoxy) is 2. The fraction of sp³-hybridized carbons (Fsp3) is 0.350. The van der Waals surface area contributed by atoms with E-state index < -0.39 is 12.1 Å². The van der Waals surface area contributed by atoms with Crippen LogP contribution >= 0.6 is 23.4 Å². The second kappa shape index (κ2) is 9.61. The van der Waals surface area contributed by atoms with E-state index in [1.54, 1.807) is 16.7 Å². The van der Waals surface area contributed by atoms with E-state index in [1.807, 2.05) is 24.3 Å². The lowest BCUT2D eigenvalue weighted by atomic mass is 10.0. The third-order valence-electron chi connectivity index (χ3n) is 5.05. The highest BCUT2D eigenvalue weighted by molar-refractivity contribution is 8.00. The summed E-state index contributed by atoms with van der Waals surface area (Å²) in [7, 11) is 1.61. The number of nitrogens with zero attached hydrogens (tertiary/aromatic N) is 5. The van der Waals surface area contributed by atoms with Crippen molar-refractivity contribution in [2.45, 2.75) is 18.0 Å². The lowest BCUT2D eigenvalue weighted by Crippen LogP contribution is -2.69. The Labute approximate surface area is 193 Å². The fourth-order valence-corrected chi connectivity index (χ4v) is 5.16. The zero-order valence-electron chi connectivity index (χ0n) is 17.2. The molecule has 1 N–H and O–H groups in total. The van der Waals surface area contributed by atoms with Crippen LogP contribution in [0.25, 0.3) is 5.70 Å². The van der Waals surface area contributed by atoms with Crippen LogP contribution < -0.4 is 10.1 Å². The molecule has 0 radical (unpaired) electrons. The van der Waals surface area contributed by atoms with Gasteiger partial charge in [-0.05, 0) is 33.7 Å². The maximum atomic E-state index is 13.0. The van der Waals surface area contributed by atoms with Gasteiger partial charge in [-0.1, -0.05) is 24.8 Å². The summed E-state index contributed by atoms with van der Waals surface area (Å²) in [6.45, 7) is 3.97. The Hall–Kier alpha value is -3.05. The van der Waals surface area contributed by atoms with Gasteiger partial charge in [0, 0.05) is 11.6 Å². The minimum atomic E-state index is -0.699. The van der Waals surface area contributed by atoms with Crippen molar-refractivity contribution >= 4 is 41.1 Å². The van der Waals surface area contributed by atoms with E-state index in [0.717, 1.165) is 16.9 Å². The molecule has 2 atom stereocenters. The van der Waals surface area contributed by atoms with Crippen LogP contribution in [0.3, 0.4) is 0 Å². The van der Waals surface area contributed by atoms with Crippen molar-refractivity contribution in [1.82, 2.24) is 30.4 Å². The Morgan fingerprint density at radius 2 is 2.19 bits per heavy atom. The number of aromatic nitrogens is 4. The fourth-order valence-electron chi connectivity index (χ4n) is 3.49. The molecule has 2 amide bonds. The van der Waals surface area contributed by atoms with Crippen molar-refractivity contribution in [2.75, 3.05) is 25.3 Å². The number of thioether (sulfide) groups is 1. The zero-order valence-corrected chi connectivity index (χ0v) is 18.8. The van der Waals surface area contributed by atoms with Crippen LogP contribution in [0, 0.1) is 0 Å². The molecule has 2 aromatic rings. The molecule has 3 heterocycles. The standard InChI is InChI=1S/C20H21ClN6O4S/c1-3-8-31-20(29)22-15-18(28)27-16(13(9-21)11-32-19(15)27)17-23-24-25-26(17)10-12-4-6-14(30-2)7-5-12/h3-7,15,19H,1,8-11H2,2H3,(H,22,29)/t15-,19-/m1/s1. The second-order valence-electron chi connectivity index (χ2n) is 7.01. The summed E-state index contributed by atoms with van der Waals surface area (Å²) < 4.78 is 11.8. The third kappa shape index (κ3) is 4.17. The van der Waals surface area contributed by atoms with Gasteiger partial charge in [-0.15, -0.1) is 28.5 Å². The Balaban J connectivity index is 1.57. The summed E-state index contributed by atoms with van der Waals surface area (Å²) >= 11 is 7.72. The topological polar surface area (TPSA) is 111 Å². The molecule has 32 heavy (non-hydrogen) atoms. The number of carbonyl (C=O) groups is 2. The van der Waals surface area contributed by atoms with Crippen LogP contribution in [-0.4, -0.2) is 73.9 Å². The molecule has 2 aliphatic heterocycles. The highest BCUT2D eigenvalue weighted by Crippen LogP contribution is 2.43. The first-order valence-corrected chi connectivity index (χ1v) is 11.3. The minimum absolute atomic E-state index is 0.0654. The quantitative estimate of drug-likeness (QED) is 0.349. The van der Waals surface area contributed by atoms with Gasteiger partial charge in [-0.3, -0.25) is 9.69 Å². The first-order valence-electron chi connectivity index (χ1n) is 9.73. The largest absolute Gasteiger partial charge is 0.497 e. The second-order valence-corrected chi connectivity index (χ2v) is 8.39. The summed E-state index contributed by atoms with van der Waals surface area (Å²) in [5.74, 6) is 1.74. The molecule has 1 saturated heterocycles. The molecule has 4 rings (SSSR count). The number of amides is 2. The number of fused-ring (bicyclic) bond motifs is 1. The summed E-state index contributed by atoms with van der Waals surface area (Å²) in [5.41, 5.74) is 2.40. The third-order valence-corrected chi connectivity index (χ3v) is 6.71. The van der Waals surface area contributed by atoms with Crippen molar-refractivity contribution in [1.29, 1.82) is 0 Å². The van der Waals surface area contributed by atoms with E-state index in [-0.39, 0.29) is 23.8 Å². The number of nitrogens with one attached hydrogen (secondary N) is 1. The van der Waals surface area contributed by atoms with Crippen LogP contribution in [0.5, 0.6) is 5.75 Å². The van der Waals surface area contributed by atoms with Crippen LogP contribution in [0.4, 0.5) is 4.79 Å².